The normalized spacial score (nSPS) is 11.1. The number of ether oxygens (including phenoxy) is 2. The highest BCUT2D eigenvalue weighted by atomic mass is 19.3. The molecule has 9 heteroatoms. The zero-order valence-electron chi connectivity index (χ0n) is 16.2. The summed E-state index contributed by atoms with van der Waals surface area (Å²) in [5.74, 6) is 0.281. The first kappa shape index (κ1) is 21.9. The Labute approximate surface area is 168 Å². The number of guanidine groups is 1. The molecule has 0 radical (unpaired) electrons. The monoisotopic (exact) mass is 406 g/mol. The molecule has 0 atom stereocenters. The minimum Gasteiger partial charge on any atom is -0.490 e. The van der Waals surface area contributed by atoms with Crippen LogP contribution in [0.2, 0.25) is 0 Å². The second-order valence-corrected chi connectivity index (χ2v) is 5.75. The molecule has 2 aromatic carbocycles. The summed E-state index contributed by atoms with van der Waals surface area (Å²) in [5, 5.41) is 8.58. The molecule has 156 valence electrons. The van der Waals surface area contributed by atoms with Crippen LogP contribution in [0.25, 0.3) is 0 Å². The van der Waals surface area contributed by atoms with Gasteiger partial charge in [0.05, 0.1) is 13.2 Å². The molecule has 2 aromatic rings. The quantitative estimate of drug-likeness (QED) is 0.441. The average Bonchev–Trinajstić information content (AvgIpc) is 2.70. The van der Waals surface area contributed by atoms with Crippen LogP contribution >= 0.6 is 0 Å². The van der Waals surface area contributed by atoms with Gasteiger partial charge in [0.1, 0.15) is 0 Å². The predicted octanol–water partition coefficient (Wildman–Crippen LogP) is 2.99. The molecule has 0 spiro atoms. The number of para-hydroxylation sites is 2. The number of alkyl halides is 2. The number of amides is 1. The zero-order chi connectivity index (χ0) is 21.1. The molecule has 0 fully saturated rings. The third kappa shape index (κ3) is 7.28. The molecule has 0 aliphatic rings. The molecule has 0 unspecified atom stereocenters. The first-order chi connectivity index (χ1) is 14.0. The summed E-state index contributed by atoms with van der Waals surface area (Å²) < 4.78 is 35.6. The minimum atomic E-state index is -2.98. The van der Waals surface area contributed by atoms with E-state index in [9.17, 15) is 13.6 Å². The maximum Gasteiger partial charge on any atom is 0.387 e. The van der Waals surface area contributed by atoms with Crippen molar-refractivity contribution in [3.05, 3.63) is 54.1 Å². The second kappa shape index (κ2) is 11.5. The van der Waals surface area contributed by atoms with Crippen molar-refractivity contribution in [2.24, 2.45) is 4.99 Å². The lowest BCUT2D eigenvalue weighted by Crippen LogP contribution is -2.41. The fourth-order valence-electron chi connectivity index (χ4n) is 2.48. The van der Waals surface area contributed by atoms with E-state index in [0.29, 0.717) is 23.8 Å². The Bertz CT molecular complexity index is 817. The SMILES string of the molecule is CCOc1cccc(CNC(=NC)NCC(=O)Nc2ccccc2)c1OC(F)F. The maximum absolute atomic E-state index is 12.8. The van der Waals surface area contributed by atoms with Crippen LogP contribution < -0.4 is 25.4 Å². The maximum atomic E-state index is 12.8. The lowest BCUT2D eigenvalue weighted by atomic mass is 10.2. The number of nitrogens with zero attached hydrogens (tertiary/aromatic N) is 1. The zero-order valence-corrected chi connectivity index (χ0v) is 16.2. The number of hydrogen-bond donors (Lipinski definition) is 3. The van der Waals surface area contributed by atoms with Crippen molar-refractivity contribution in [3.63, 3.8) is 0 Å². The Kier molecular flexibility index (Phi) is 8.68. The molecular weight excluding hydrogens is 382 g/mol. The third-order valence-corrected chi connectivity index (χ3v) is 3.71. The van der Waals surface area contributed by atoms with Crippen molar-refractivity contribution >= 4 is 17.6 Å². The van der Waals surface area contributed by atoms with E-state index in [-0.39, 0.29) is 30.5 Å². The van der Waals surface area contributed by atoms with Crippen molar-refractivity contribution in [3.8, 4) is 11.5 Å². The second-order valence-electron chi connectivity index (χ2n) is 5.75. The Balaban J connectivity index is 1.94. The molecule has 1 amide bonds. The van der Waals surface area contributed by atoms with Gasteiger partial charge < -0.3 is 25.4 Å². The number of carbonyl (C=O) groups excluding carboxylic acids is 1. The van der Waals surface area contributed by atoms with Crippen LogP contribution in [0, 0.1) is 0 Å². The van der Waals surface area contributed by atoms with Crippen LogP contribution in [0.1, 0.15) is 12.5 Å². The summed E-state index contributed by atoms with van der Waals surface area (Å²) in [4.78, 5) is 16.0. The van der Waals surface area contributed by atoms with Gasteiger partial charge in [-0.25, -0.2) is 0 Å². The molecule has 0 heterocycles. The molecule has 0 aliphatic carbocycles. The highest BCUT2D eigenvalue weighted by Gasteiger charge is 2.16. The predicted molar refractivity (Wildman–Crippen MR) is 108 cm³/mol. The van der Waals surface area contributed by atoms with Crippen molar-refractivity contribution in [2.45, 2.75) is 20.1 Å². The van der Waals surface area contributed by atoms with E-state index in [1.54, 1.807) is 37.3 Å². The summed E-state index contributed by atoms with van der Waals surface area (Å²) in [6, 6.07) is 13.9. The molecule has 7 nitrogen and oxygen atoms in total. The third-order valence-electron chi connectivity index (χ3n) is 3.71. The summed E-state index contributed by atoms with van der Waals surface area (Å²) in [5.41, 5.74) is 1.15. The van der Waals surface area contributed by atoms with Crippen molar-refractivity contribution in [1.29, 1.82) is 0 Å². The van der Waals surface area contributed by atoms with E-state index >= 15 is 0 Å². The van der Waals surface area contributed by atoms with Crippen molar-refractivity contribution < 1.29 is 23.0 Å². The molecule has 2 rings (SSSR count). The van der Waals surface area contributed by atoms with E-state index in [4.69, 9.17) is 4.74 Å². The van der Waals surface area contributed by atoms with Gasteiger partial charge in [0.2, 0.25) is 5.91 Å². The van der Waals surface area contributed by atoms with Crippen LogP contribution in [0.15, 0.2) is 53.5 Å². The number of carbonyl (C=O) groups is 1. The standard InChI is InChI=1S/C20H24F2N4O3/c1-3-28-16-11-7-8-14(18(16)29-19(21)22)12-24-20(23-2)25-13-17(27)26-15-9-5-4-6-10-15/h4-11,19H,3,12-13H2,1-2H3,(H,26,27)(H2,23,24,25). The van der Waals surface area contributed by atoms with Gasteiger partial charge in [-0.2, -0.15) is 8.78 Å². The summed E-state index contributed by atoms with van der Waals surface area (Å²) >= 11 is 0. The van der Waals surface area contributed by atoms with E-state index in [2.05, 4.69) is 25.7 Å². The van der Waals surface area contributed by atoms with Gasteiger partial charge in [0, 0.05) is 24.8 Å². The van der Waals surface area contributed by atoms with Crippen LogP contribution in [0.3, 0.4) is 0 Å². The Morgan fingerprint density at radius 1 is 1.10 bits per heavy atom. The molecule has 3 N–H and O–H groups in total. The fourth-order valence-corrected chi connectivity index (χ4v) is 2.48. The van der Waals surface area contributed by atoms with E-state index in [1.807, 2.05) is 18.2 Å². The largest absolute Gasteiger partial charge is 0.490 e. The number of benzene rings is 2. The Hall–Kier alpha value is -3.36. The number of halogens is 2. The van der Waals surface area contributed by atoms with Gasteiger partial charge in [0.25, 0.3) is 0 Å². The van der Waals surface area contributed by atoms with Gasteiger partial charge in [-0.3, -0.25) is 9.79 Å². The van der Waals surface area contributed by atoms with E-state index in [1.165, 1.54) is 7.05 Å². The van der Waals surface area contributed by atoms with E-state index < -0.39 is 6.61 Å². The van der Waals surface area contributed by atoms with Crippen molar-refractivity contribution in [2.75, 3.05) is 25.5 Å². The molecule has 0 aliphatic heterocycles. The van der Waals surface area contributed by atoms with Crippen LogP contribution in [0.5, 0.6) is 11.5 Å². The van der Waals surface area contributed by atoms with Gasteiger partial charge in [-0.05, 0) is 25.1 Å². The smallest absolute Gasteiger partial charge is 0.387 e. The average molecular weight is 406 g/mol. The Morgan fingerprint density at radius 3 is 2.52 bits per heavy atom. The number of anilines is 1. The summed E-state index contributed by atoms with van der Waals surface area (Å²) in [6.07, 6.45) is 0. The van der Waals surface area contributed by atoms with Gasteiger partial charge in [-0.1, -0.05) is 30.3 Å². The number of nitrogens with one attached hydrogen (secondary N) is 3. The first-order valence-electron chi connectivity index (χ1n) is 9.02. The lowest BCUT2D eigenvalue weighted by molar-refractivity contribution is -0.115. The highest BCUT2D eigenvalue weighted by molar-refractivity contribution is 5.94. The van der Waals surface area contributed by atoms with Gasteiger partial charge >= 0.3 is 6.61 Å². The molecule has 0 saturated heterocycles. The number of hydrogen-bond acceptors (Lipinski definition) is 4. The number of aliphatic imine (C=N–C) groups is 1. The summed E-state index contributed by atoms with van der Waals surface area (Å²) in [7, 11) is 1.54. The first-order valence-corrected chi connectivity index (χ1v) is 9.02. The molecular formula is C20H24F2N4O3. The van der Waals surface area contributed by atoms with E-state index in [0.717, 1.165) is 0 Å². The van der Waals surface area contributed by atoms with Gasteiger partial charge in [0.15, 0.2) is 17.5 Å². The molecule has 29 heavy (non-hydrogen) atoms. The highest BCUT2D eigenvalue weighted by Crippen LogP contribution is 2.32. The van der Waals surface area contributed by atoms with Crippen LogP contribution in [-0.4, -0.2) is 38.7 Å². The molecule has 0 saturated carbocycles. The fraction of sp³-hybridized carbons (Fsp3) is 0.300. The lowest BCUT2D eigenvalue weighted by Gasteiger charge is -2.17. The minimum absolute atomic E-state index is 0.0199. The van der Waals surface area contributed by atoms with Crippen LogP contribution in [-0.2, 0) is 11.3 Å². The topological polar surface area (TPSA) is 84.0 Å². The number of rotatable bonds is 9. The Morgan fingerprint density at radius 2 is 1.86 bits per heavy atom. The van der Waals surface area contributed by atoms with Gasteiger partial charge in [-0.15, -0.1) is 0 Å². The molecule has 0 aromatic heterocycles. The summed E-state index contributed by atoms with van der Waals surface area (Å²) in [6.45, 7) is -0.786. The van der Waals surface area contributed by atoms with Crippen molar-refractivity contribution in [1.82, 2.24) is 10.6 Å². The molecule has 0 bridgehead atoms. The van der Waals surface area contributed by atoms with Crippen LogP contribution in [0.4, 0.5) is 14.5 Å².